The highest BCUT2D eigenvalue weighted by atomic mass is 15.3. The van der Waals surface area contributed by atoms with E-state index in [1.165, 1.54) is 38.8 Å². The van der Waals surface area contributed by atoms with Crippen molar-refractivity contribution in [3.05, 3.63) is 0 Å². The van der Waals surface area contributed by atoms with Gasteiger partial charge in [0.15, 0.2) is 0 Å². The van der Waals surface area contributed by atoms with Crippen molar-refractivity contribution in [2.24, 2.45) is 0 Å². The number of hydrogen-bond acceptors (Lipinski definition) is 4. The maximum atomic E-state index is 9.14. The number of nitrogens with zero attached hydrogens (tertiary/aromatic N) is 4. The predicted octanol–water partition coefficient (Wildman–Crippen LogP) is 1.78. The van der Waals surface area contributed by atoms with Crippen LogP contribution in [-0.4, -0.2) is 73.1 Å². The summed E-state index contributed by atoms with van der Waals surface area (Å²) in [6.45, 7) is 9.01. The van der Waals surface area contributed by atoms with Gasteiger partial charge in [-0.1, -0.05) is 13.3 Å². The van der Waals surface area contributed by atoms with Crippen molar-refractivity contribution < 1.29 is 0 Å². The van der Waals surface area contributed by atoms with E-state index in [1.807, 2.05) is 0 Å². The maximum Gasteiger partial charge on any atom is 0.0976 e. The maximum absolute atomic E-state index is 9.14. The Morgan fingerprint density at radius 1 is 1.15 bits per heavy atom. The Labute approximate surface area is 124 Å². The van der Waals surface area contributed by atoms with Crippen LogP contribution in [0.25, 0.3) is 0 Å². The molecule has 0 aliphatic carbocycles. The fourth-order valence-corrected chi connectivity index (χ4v) is 3.57. The van der Waals surface area contributed by atoms with E-state index in [9.17, 15) is 0 Å². The van der Waals surface area contributed by atoms with Gasteiger partial charge in [0.2, 0.25) is 0 Å². The molecule has 0 bridgehead atoms. The third kappa shape index (κ3) is 4.18. The zero-order valence-electron chi connectivity index (χ0n) is 13.2. The smallest absolute Gasteiger partial charge is 0.0976 e. The summed E-state index contributed by atoms with van der Waals surface area (Å²) in [6.07, 6.45) is 6.42. The Kier molecular flexibility index (Phi) is 6.28. The molecule has 0 aromatic carbocycles. The Balaban J connectivity index is 1.68. The Hall–Kier alpha value is -0.630. The zero-order chi connectivity index (χ0) is 14.4. The Morgan fingerprint density at radius 3 is 2.50 bits per heavy atom. The highest BCUT2D eigenvalue weighted by Gasteiger charge is 2.24. The van der Waals surface area contributed by atoms with Crippen molar-refractivity contribution in [1.29, 1.82) is 5.26 Å². The van der Waals surface area contributed by atoms with E-state index in [0.29, 0.717) is 0 Å². The highest BCUT2D eigenvalue weighted by Crippen LogP contribution is 2.18. The minimum Gasteiger partial charge on any atom is -0.303 e. The van der Waals surface area contributed by atoms with Gasteiger partial charge in [0, 0.05) is 32.2 Å². The molecule has 0 saturated carbocycles. The molecule has 4 heteroatoms. The molecule has 2 rings (SSSR count). The average Bonchev–Trinajstić information content (AvgIpc) is 2.49. The summed E-state index contributed by atoms with van der Waals surface area (Å²) in [6, 6.07) is 3.35. The minimum absolute atomic E-state index is 0.127. The molecule has 2 fully saturated rings. The van der Waals surface area contributed by atoms with E-state index < -0.39 is 0 Å². The van der Waals surface area contributed by atoms with Gasteiger partial charge in [-0.25, -0.2) is 0 Å². The third-order valence-corrected chi connectivity index (χ3v) is 5.08. The zero-order valence-corrected chi connectivity index (χ0v) is 13.2. The van der Waals surface area contributed by atoms with Crippen LogP contribution in [0, 0.1) is 11.3 Å². The van der Waals surface area contributed by atoms with Crippen LogP contribution in [0.1, 0.15) is 39.0 Å². The standard InChI is InChI=1S/C16H30N4/c1-3-15(14-17)20-12-10-19(11-13-20)9-7-16-6-4-5-8-18(16)2/h15-16H,3-13H2,1-2H3. The van der Waals surface area contributed by atoms with Gasteiger partial charge in [-0.05, 0) is 45.8 Å². The summed E-state index contributed by atoms with van der Waals surface area (Å²) >= 11 is 0. The van der Waals surface area contributed by atoms with Gasteiger partial charge >= 0.3 is 0 Å². The molecular weight excluding hydrogens is 248 g/mol. The van der Waals surface area contributed by atoms with Crippen molar-refractivity contribution in [3.63, 3.8) is 0 Å². The molecule has 20 heavy (non-hydrogen) atoms. The van der Waals surface area contributed by atoms with E-state index >= 15 is 0 Å². The molecule has 0 amide bonds. The molecule has 0 aromatic rings. The van der Waals surface area contributed by atoms with E-state index in [4.69, 9.17) is 5.26 Å². The third-order valence-electron chi connectivity index (χ3n) is 5.08. The number of rotatable bonds is 5. The number of nitriles is 1. The van der Waals surface area contributed by atoms with Gasteiger partial charge < -0.3 is 9.80 Å². The van der Waals surface area contributed by atoms with E-state index in [1.54, 1.807) is 0 Å². The molecular formula is C16H30N4. The number of piperidine rings is 1. The molecule has 2 aliphatic rings. The lowest BCUT2D eigenvalue weighted by Gasteiger charge is -2.38. The average molecular weight is 278 g/mol. The second-order valence-electron chi connectivity index (χ2n) is 6.35. The largest absolute Gasteiger partial charge is 0.303 e. The Morgan fingerprint density at radius 2 is 1.90 bits per heavy atom. The number of hydrogen-bond donors (Lipinski definition) is 0. The lowest BCUT2D eigenvalue weighted by molar-refractivity contribution is 0.0965. The van der Waals surface area contributed by atoms with Gasteiger partial charge in [-0.3, -0.25) is 4.90 Å². The van der Waals surface area contributed by atoms with Crippen LogP contribution >= 0.6 is 0 Å². The van der Waals surface area contributed by atoms with Gasteiger partial charge in [-0.2, -0.15) is 5.26 Å². The molecule has 2 atom stereocenters. The summed E-state index contributed by atoms with van der Waals surface area (Å²) in [5.74, 6) is 0. The molecule has 0 spiro atoms. The second kappa shape index (κ2) is 7.97. The van der Waals surface area contributed by atoms with Crippen molar-refractivity contribution in [3.8, 4) is 6.07 Å². The van der Waals surface area contributed by atoms with Crippen molar-refractivity contribution in [2.75, 3.05) is 46.3 Å². The van der Waals surface area contributed by atoms with Crippen LogP contribution < -0.4 is 0 Å². The summed E-state index contributed by atoms with van der Waals surface area (Å²) in [5.41, 5.74) is 0. The van der Waals surface area contributed by atoms with E-state index in [0.717, 1.165) is 38.6 Å². The topological polar surface area (TPSA) is 33.5 Å². The van der Waals surface area contributed by atoms with Crippen molar-refractivity contribution in [2.45, 2.75) is 51.1 Å². The van der Waals surface area contributed by atoms with Crippen LogP contribution in [0.3, 0.4) is 0 Å². The van der Waals surface area contributed by atoms with Gasteiger partial charge in [-0.15, -0.1) is 0 Å². The van der Waals surface area contributed by atoms with E-state index in [-0.39, 0.29) is 6.04 Å². The van der Waals surface area contributed by atoms with E-state index in [2.05, 4.69) is 34.7 Å². The molecule has 4 nitrogen and oxygen atoms in total. The first-order valence-corrected chi connectivity index (χ1v) is 8.31. The predicted molar refractivity (Wildman–Crippen MR) is 82.6 cm³/mol. The van der Waals surface area contributed by atoms with Crippen molar-refractivity contribution in [1.82, 2.24) is 14.7 Å². The highest BCUT2D eigenvalue weighted by molar-refractivity contribution is 4.92. The van der Waals surface area contributed by atoms with Crippen LogP contribution in [-0.2, 0) is 0 Å². The monoisotopic (exact) mass is 278 g/mol. The molecule has 114 valence electrons. The molecule has 2 saturated heterocycles. The van der Waals surface area contributed by atoms with Crippen LogP contribution in [0.2, 0.25) is 0 Å². The van der Waals surface area contributed by atoms with Gasteiger partial charge in [0.1, 0.15) is 0 Å². The van der Waals surface area contributed by atoms with Gasteiger partial charge in [0.25, 0.3) is 0 Å². The molecule has 2 unspecified atom stereocenters. The fourth-order valence-electron chi connectivity index (χ4n) is 3.57. The SMILES string of the molecule is CCC(C#N)N1CCN(CCC2CCCCN2C)CC1. The number of piperazine rings is 1. The van der Waals surface area contributed by atoms with Crippen LogP contribution in [0.15, 0.2) is 0 Å². The lowest BCUT2D eigenvalue weighted by atomic mass is 10.00. The molecule has 2 heterocycles. The van der Waals surface area contributed by atoms with Gasteiger partial charge in [0.05, 0.1) is 12.1 Å². The first-order chi connectivity index (χ1) is 9.74. The summed E-state index contributed by atoms with van der Waals surface area (Å²) < 4.78 is 0. The molecule has 0 N–H and O–H groups in total. The summed E-state index contributed by atoms with van der Waals surface area (Å²) in [5, 5.41) is 9.14. The first-order valence-electron chi connectivity index (χ1n) is 8.31. The van der Waals surface area contributed by atoms with Crippen LogP contribution in [0.4, 0.5) is 0 Å². The first kappa shape index (κ1) is 15.8. The summed E-state index contributed by atoms with van der Waals surface area (Å²) in [7, 11) is 2.28. The Bertz CT molecular complexity index is 317. The minimum atomic E-state index is 0.127. The second-order valence-corrected chi connectivity index (χ2v) is 6.35. The quantitative estimate of drug-likeness (QED) is 0.767. The molecule has 0 aromatic heterocycles. The number of likely N-dealkylation sites (tertiary alicyclic amines) is 1. The fraction of sp³-hybridized carbons (Fsp3) is 0.938. The van der Waals surface area contributed by atoms with Crippen molar-refractivity contribution >= 4 is 0 Å². The lowest BCUT2D eigenvalue weighted by Crippen LogP contribution is -2.50. The molecule has 2 aliphatic heterocycles. The molecule has 0 radical (unpaired) electrons. The summed E-state index contributed by atoms with van der Waals surface area (Å²) in [4.78, 5) is 7.48. The van der Waals surface area contributed by atoms with Crippen LogP contribution in [0.5, 0.6) is 0 Å². The normalized spacial score (nSPS) is 28.1.